The van der Waals surface area contributed by atoms with Crippen LogP contribution in [-0.2, 0) is 0 Å². The Balaban J connectivity index is 2.43. The Morgan fingerprint density at radius 2 is 1.65 bits per heavy atom. The molecule has 0 aliphatic heterocycles. The molecule has 0 bridgehead atoms. The molecule has 0 atom stereocenters. The molecular formula is C13H11BF2O. The van der Waals surface area contributed by atoms with E-state index in [0.29, 0.717) is 16.6 Å². The maximum absolute atomic E-state index is 13.8. The smallest absolute Gasteiger partial charge is 0.320 e. The predicted octanol–water partition coefficient (Wildman–Crippen LogP) is 2.45. The van der Waals surface area contributed by atoms with Crippen LogP contribution >= 0.6 is 0 Å². The third kappa shape index (κ3) is 2.53. The van der Waals surface area contributed by atoms with Crippen molar-refractivity contribution in [1.82, 2.24) is 0 Å². The predicted molar refractivity (Wildman–Crippen MR) is 65.3 cm³/mol. The quantitative estimate of drug-likeness (QED) is 0.788. The molecule has 0 amide bonds. The van der Waals surface area contributed by atoms with Crippen molar-refractivity contribution in [2.75, 3.05) is 0 Å². The highest BCUT2D eigenvalue weighted by Crippen LogP contribution is 2.22. The van der Waals surface area contributed by atoms with Crippen molar-refractivity contribution in [1.29, 1.82) is 0 Å². The molecule has 17 heavy (non-hydrogen) atoms. The standard InChI is InChI=1S/C13H11BF2O/c1-14(17)10-4-7-12(13(16)8-10)9-2-5-11(15)6-3-9/h2-8,17H,1H3. The minimum atomic E-state index is -0.702. The molecule has 0 saturated carbocycles. The molecule has 0 saturated heterocycles. The van der Waals surface area contributed by atoms with Crippen LogP contribution in [0.5, 0.6) is 0 Å². The van der Waals surface area contributed by atoms with E-state index in [9.17, 15) is 13.8 Å². The fourth-order valence-corrected chi connectivity index (χ4v) is 1.65. The monoisotopic (exact) mass is 232 g/mol. The molecule has 0 spiro atoms. The molecule has 0 aliphatic rings. The first-order chi connectivity index (χ1) is 8.08. The first kappa shape index (κ1) is 11.8. The molecule has 1 N–H and O–H groups in total. The molecule has 2 aromatic rings. The highest BCUT2D eigenvalue weighted by Gasteiger charge is 2.11. The van der Waals surface area contributed by atoms with E-state index in [0.717, 1.165) is 0 Å². The molecule has 1 nitrogen and oxygen atoms in total. The maximum Gasteiger partial charge on any atom is 0.320 e. The van der Waals surface area contributed by atoms with Crippen LogP contribution < -0.4 is 5.46 Å². The van der Waals surface area contributed by atoms with Crippen molar-refractivity contribution in [2.24, 2.45) is 0 Å². The molecule has 0 heterocycles. The lowest BCUT2D eigenvalue weighted by atomic mass is 9.64. The van der Waals surface area contributed by atoms with Crippen LogP contribution in [-0.4, -0.2) is 11.9 Å². The summed E-state index contributed by atoms with van der Waals surface area (Å²) in [5, 5.41) is 9.33. The molecule has 4 heteroatoms. The Labute approximate surface area is 98.8 Å². The molecule has 0 fully saturated rings. The van der Waals surface area contributed by atoms with Gasteiger partial charge < -0.3 is 5.02 Å². The zero-order chi connectivity index (χ0) is 12.4. The van der Waals surface area contributed by atoms with E-state index in [4.69, 9.17) is 0 Å². The Bertz CT molecular complexity index is 523. The molecular weight excluding hydrogens is 221 g/mol. The largest absolute Gasteiger partial charge is 0.446 e. The van der Waals surface area contributed by atoms with Gasteiger partial charge in [-0.3, -0.25) is 0 Å². The SMILES string of the molecule is CB(O)c1ccc(-c2ccc(F)cc2)c(F)c1. The van der Waals surface area contributed by atoms with Gasteiger partial charge in [0.1, 0.15) is 11.6 Å². The average molecular weight is 232 g/mol. The Hall–Kier alpha value is -1.68. The van der Waals surface area contributed by atoms with Crippen LogP contribution in [0, 0.1) is 11.6 Å². The highest BCUT2D eigenvalue weighted by atomic mass is 19.1. The summed E-state index contributed by atoms with van der Waals surface area (Å²) >= 11 is 0. The summed E-state index contributed by atoms with van der Waals surface area (Å²) in [5.74, 6) is -0.773. The molecule has 2 aromatic carbocycles. The Morgan fingerprint density at radius 1 is 1.00 bits per heavy atom. The van der Waals surface area contributed by atoms with Crippen molar-refractivity contribution in [3.05, 3.63) is 54.1 Å². The van der Waals surface area contributed by atoms with E-state index in [2.05, 4.69) is 0 Å². The van der Waals surface area contributed by atoms with Gasteiger partial charge in [-0.05, 0) is 29.2 Å². The summed E-state index contributed by atoms with van der Waals surface area (Å²) in [6.45, 7) is 0.874. The second-order valence-electron chi connectivity index (χ2n) is 3.92. The van der Waals surface area contributed by atoms with Crippen molar-refractivity contribution < 1.29 is 13.8 Å². The van der Waals surface area contributed by atoms with Crippen LogP contribution in [0.15, 0.2) is 42.5 Å². The van der Waals surface area contributed by atoms with Crippen molar-refractivity contribution in [3.8, 4) is 11.1 Å². The fraction of sp³-hybridized carbons (Fsp3) is 0.0769. The number of rotatable bonds is 2. The van der Waals surface area contributed by atoms with E-state index in [-0.39, 0.29) is 5.82 Å². The van der Waals surface area contributed by atoms with Crippen LogP contribution in [0.25, 0.3) is 11.1 Å². The molecule has 86 valence electrons. The van der Waals surface area contributed by atoms with Crippen molar-refractivity contribution in [3.63, 3.8) is 0 Å². The van der Waals surface area contributed by atoms with Gasteiger partial charge >= 0.3 is 6.92 Å². The minimum absolute atomic E-state index is 0.352. The van der Waals surface area contributed by atoms with Gasteiger partial charge in [0.2, 0.25) is 0 Å². The van der Waals surface area contributed by atoms with E-state index in [1.165, 1.54) is 30.3 Å². The summed E-state index contributed by atoms with van der Waals surface area (Å²) in [4.78, 5) is 0. The maximum atomic E-state index is 13.8. The average Bonchev–Trinajstić information content (AvgIpc) is 2.30. The minimum Gasteiger partial charge on any atom is -0.446 e. The summed E-state index contributed by atoms with van der Waals surface area (Å²) in [5.41, 5.74) is 1.53. The summed E-state index contributed by atoms with van der Waals surface area (Å²) in [6.07, 6.45) is 0. The van der Waals surface area contributed by atoms with E-state index < -0.39 is 12.7 Å². The highest BCUT2D eigenvalue weighted by molar-refractivity contribution is 6.64. The third-order valence-corrected chi connectivity index (χ3v) is 2.63. The topological polar surface area (TPSA) is 20.2 Å². The Morgan fingerprint density at radius 3 is 2.18 bits per heavy atom. The van der Waals surface area contributed by atoms with Gasteiger partial charge in [0, 0.05) is 5.56 Å². The third-order valence-electron chi connectivity index (χ3n) is 2.63. The number of hydrogen-bond donors (Lipinski definition) is 1. The van der Waals surface area contributed by atoms with Crippen LogP contribution in [0.2, 0.25) is 6.82 Å². The van der Waals surface area contributed by atoms with Crippen LogP contribution in [0.1, 0.15) is 0 Å². The molecule has 0 aromatic heterocycles. The van der Waals surface area contributed by atoms with E-state index in [1.54, 1.807) is 19.0 Å². The van der Waals surface area contributed by atoms with Gasteiger partial charge in [-0.25, -0.2) is 8.78 Å². The van der Waals surface area contributed by atoms with Gasteiger partial charge in [-0.1, -0.05) is 31.1 Å². The second-order valence-corrected chi connectivity index (χ2v) is 3.92. The second kappa shape index (κ2) is 4.68. The lowest BCUT2D eigenvalue weighted by Gasteiger charge is -2.06. The molecule has 2 rings (SSSR count). The van der Waals surface area contributed by atoms with Crippen molar-refractivity contribution in [2.45, 2.75) is 6.82 Å². The lowest BCUT2D eigenvalue weighted by molar-refractivity contribution is 0.592. The van der Waals surface area contributed by atoms with Gasteiger partial charge in [0.05, 0.1) is 0 Å². The van der Waals surface area contributed by atoms with Crippen molar-refractivity contribution >= 4 is 12.4 Å². The van der Waals surface area contributed by atoms with Gasteiger partial charge in [-0.2, -0.15) is 0 Å². The first-order valence-corrected chi connectivity index (χ1v) is 5.31. The van der Waals surface area contributed by atoms with Gasteiger partial charge in [-0.15, -0.1) is 0 Å². The normalized spacial score (nSPS) is 10.4. The lowest BCUT2D eigenvalue weighted by Crippen LogP contribution is -2.26. The fourth-order valence-electron chi connectivity index (χ4n) is 1.65. The van der Waals surface area contributed by atoms with Gasteiger partial charge in [0.15, 0.2) is 0 Å². The molecule has 0 unspecified atom stereocenters. The zero-order valence-corrected chi connectivity index (χ0v) is 9.32. The van der Waals surface area contributed by atoms with Crippen LogP contribution in [0.4, 0.5) is 8.78 Å². The first-order valence-electron chi connectivity index (χ1n) is 5.31. The Kier molecular flexibility index (Phi) is 3.24. The molecule has 0 radical (unpaired) electrons. The number of hydrogen-bond acceptors (Lipinski definition) is 1. The van der Waals surface area contributed by atoms with Crippen LogP contribution in [0.3, 0.4) is 0 Å². The van der Waals surface area contributed by atoms with Gasteiger partial charge in [0.25, 0.3) is 0 Å². The van der Waals surface area contributed by atoms with E-state index >= 15 is 0 Å². The summed E-state index contributed by atoms with van der Waals surface area (Å²) in [6, 6.07) is 10.2. The molecule has 0 aliphatic carbocycles. The summed E-state index contributed by atoms with van der Waals surface area (Å²) < 4.78 is 26.5. The number of benzene rings is 2. The van der Waals surface area contributed by atoms with E-state index in [1.807, 2.05) is 0 Å². The zero-order valence-electron chi connectivity index (χ0n) is 9.32. The summed E-state index contributed by atoms with van der Waals surface area (Å²) in [7, 11) is 0. The number of halogens is 2.